The summed E-state index contributed by atoms with van der Waals surface area (Å²) in [6.07, 6.45) is 0. The van der Waals surface area contributed by atoms with Gasteiger partial charge in [-0.15, -0.1) is 0 Å². The fourth-order valence-electron chi connectivity index (χ4n) is 1.15. The number of morpholine rings is 1. The van der Waals surface area contributed by atoms with Crippen LogP contribution in [-0.4, -0.2) is 36.7 Å². The molecule has 0 aromatic heterocycles. The molecule has 0 bridgehead atoms. The van der Waals surface area contributed by atoms with Crippen LogP contribution in [0.25, 0.3) is 0 Å². The molecule has 0 aromatic rings. The van der Waals surface area contributed by atoms with E-state index in [1.807, 2.05) is 0 Å². The van der Waals surface area contributed by atoms with E-state index in [1.165, 1.54) is 4.90 Å². The van der Waals surface area contributed by atoms with Gasteiger partial charge in [0.25, 0.3) is 0 Å². The van der Waals surface area contributed by atoms with Crippen molar-refractivity contribution in [2.75, 3.05) is 26.3 Å². The van der Waals surface area contributed by atoms with Crippen LogP contribution in [0.3, 0.4) is 0 Å². The maximum atomic E-state index is 10.6. The lowest BCUT2D eigenvalue weighted by molar-refractivity contribution is -0.312. The Balaban J connectivity index is 2.52. The molecule has 1 heterocycles. The van der Waals surface area contributed by atoms with Gasteiger partial charge in [0, 0.05) is 13.1 Å². The van der Waals surface area contributed by atoms with E-state index in [4.69, 9.17) is 4.74 Å². The maximum Gasteiger partial charge on any atom is 0.0594 e. The molecule has 0 atom stereocenters. The zero-order valence-corrected chi connectivity index (χ0v) is 8.58. The highest BCUT2D eigenvalue weighted by molar-refractivity contribution is 7.61. The smallest absolute Gasteiger partial charge is 0.0594 e. The monoisotopic (exact) mass is 225 g/mol. The lowest BCUT2D eigenvalue weighted by Crippen LogP contribution is -2.47. The minimum absolute atomic E-state index is 0.345. The van der Waals surface area contributed by atoms with Crippen molar-refractivity contribution in [3.63, 3.8) is 0 Å². The Labute approximate surface area is 78.6 Å². The van der Waals surface area contributed by atoms with Crippen molar-refractivity contribution in [1.29, 1.82) is 0 Å². The number of nitrogens with zero attached hydrogens (tertiary/aromatic N) is 1. The summed E-state index contributed by atoms with van der Waals surface area (Å²) in [5.74, 6) is 0. The van der Waals surface area contributed by atoms with Gasteiger partial charge >= 0.3 is 0 Å². The van der Waals surface area contributed by atoms with Crippen LogP contribution in [0.2, 0.25) is 0 Å². The van der Waals surface area contributed by atoms with Crippen LogP contribution in [0.5, 0.6) is 0 Å². The van der Waals surface area contributed by atoms with Crippen LogP contribution in [0.1, 0.15) is 0 Å². The van der Waals surface area contributed by atoms with E-state index in [1.54, 1.807) is 0 Å². The summed E-state index contributed by atoms with van der Waals surface area (Å²) in [7, 11) is -5.90. The van der Waals surface area contributed by atoms with Crippen LogP contribution in [0, 0.1) is 0 Å². The molecule has 1 saturated heterocycles. The van der Waals surface area contributed by atoms with Crippen LogP contribution < -0.4 is 19.6 Å². The molecule has 0 aliphatic carbocycles. The highest BCUT2D eigenvalue weighted by Gasteiger charge is 2.16. The molecule has 13 heavy (non-hydrogen) atoms. The van der Waals surface area contributed by atoms with Crippen LogP contribution >= 0.6 is 16.8 Å². The molecular formula is C5H9NO5P2-4. The quantitative estimate of drug-likeness (QED) is 0.465. The molecular weight excluding hydrogens is 216 g/mol. The Kier molecular flexibility index (Phi) is 4.94. The van der Waals surface area contributed by atoms with Gasteiger partial charge in [0.1, 0.15) is 0 Å². The molecule has 0 spiro atoms. The van der Waals surface area contributed by atoms with Crippen LogP contribution in [0.4, 0.5) is 0 Å². The predicted molar refractivity (Wildman–Crippen MR) is 40.0 cm³/mol. The van der Waals surface area contributed by atoms with Gasteiger partial charge in [-0.05, 0) is 5.52 Å². The van der Waals surface area contributed by atoms with E-state index in [9.17, 15) is 19.6 Å². The Morgan fingerprint density at radius 3 is 1.85 bits per heavy atom. The maximum absolute atomic E-state index is 10.6. The number of hydrogen-bond acceptors (Lipinski definition) is 6. The lowest BCUT2D eigenvalue weighted by atomic mass is 10.5. The molecule has 1 aliphatic rings. The number of ether oxygens (including phenoxy) is 1. The van der Waals surface area contributed by atoms with E-state index in [2.05, 4.69) is 0 Å². The van der Waals surface area contributed by atoms with Crippen molar-refractivity contribution in [3.05, 3.63) is 0 Å². The minimum atomic E-state index is -2.95. The van der Waals surface area contributed by atoms with Crippen molar-refractivity contribution < 1.29 is 24.3 Å². The minimum Gasteiger partial charge on any atom is -0.840 e. The van der Waals surface area contributed by atoms with Gasteiger partial charge in [-0.3, -0.25) is 21.7 Å². The summed E-state index contributed by atoms with van der Waals surface area (Å²) in [4.78, 5) is 43.8. The molecule has 1 rings (SSSR count). The SMILES string of the molecule is [O-]P([O-])C(N1CCOCC1)P([O-])[O-]. The first kappa shape index (κ1) is 11.7. The van der Waals surface area contributed by atoms with Gasteiger partial charge in [0.05, 0.1) is 13.2 Å². The molecule has 0 unspecified atom stereocenters. The molecule has 0 radical (unpaired) electrons. The topological polar surface area (TPSA) is 105 Å². The Morgan fingerprint density at radius 2 is 1.46 bits per heavy atom. The van der Waals surface area contributed by atoms with Crippen molar-refractivity contribution in [3.8, 4) is 0 Å². The second-order valence-electron chi connectivity index (χ2n) is 2.57. The van der Waals surface area contributed by atoms with E-state index in [0.29, 0.717) is 26.3 Å². The van der Waals surface area contributed by atoms with E-state index < -0.39 is 22.3 Å². The van der Waals surface area contributed by atoms with Gasteiger partial charge in [0.2, 0.25) is 0 Å². The standard InChI is InChI=1S/C5H9NO5P2/c7-12(8)5(13(9)10)6-1-3-11-4-2-6/h5H,1-4H2/q-4. The zero-order chi connectivity index (χ0) is 9.84. The normalized spacial score (nSPS) is 20.5. The Morgan fingerprint density at radius 1 is 1.00 bits per heavy atom. The summed E-state index contributed by atoms with van der Waals surface area (Å²) < 4.78 is 4.97. The van der Waals surface area contributed by atoms with Crippen molar-refractivity contribution in [2.45, 2.75) is 5.52 Å². The predicted octanol–water partition coefficient (Wildman–Crippen LogP) is -3.33. The molecule has 0 saturated carbocycles. The molecule has 78 valence electrons. The fraction of sp³-hybridized carbons (Fsp3) is 1.00. The molecule has 1 aliphatic heterocycles. The van der Waals surface area contributed by atoms with Gasteiger partial charge in [0.15, 0.2) is 0 Å². The van der Waals surface area contributed by atoms with Crippen molar-refractivity contribution >= 4 is 16.8 Å². The fourth-order valence-corrected chi connectivity index (χ4v) is 2.76. The first-order valence-electron chi connectivity index (χ1n) is 3.71. The number of hydrogen-bond donors (Lipinski definition) is 0. The van der Waals surface area contributed by atoms with Gasteiger partial charge in [-0.2, -0.15) is 0 Å². The average molecular weight is 225 g/mol. The van der Waals surface area contributed by atoms with Crippen molar-refractivity contribution in [1.82, 2.24) is 4.90 Å². The third-order valence-corrected chi connectivity index (χ3v) is 4.29. The van der Waals surface area contributed by atoms with Gasteiger partial charge in [-0.25, -0.2) is 0 Å². The number of rotatable bonds is 3. The summed E-state index contributed by atoms with van der Waals surface area (Å²) in [5.41, 5.74) is -1.37. The molecule has 0 aromatic carbocycles. The van der Waals surface area contributed by atoms with Crippen molar-refractivity contribution in [2.24, 2.45) is 0 Å². The van der Waals surface area contributed by atoms with Gasteiger partial charge in [-0.1, -0.05) is 0 Å². The Bertz CT molecular complexity index is 144. The van der Waals surface area contributed by atoms with E-state index >= 15 is 0 Å². The first-order chi connectivity index (χ1) is 6.13. The third-order valence-electron chi connectivity index (χ3n) is 1.75. The Hall–Kier alpha value is 0.620. The second-order valence-corrected chi connectivity index (χ2v) is 5.09. The summed E-state index contributed by atoms with van der Waals surface area (Å²) in [6, 6.07) is 0. The molecule has 1 fully saturated rings. The zero-order valence-electron chi connectivity index (χ0n) is 6.79. The lowest BCUT2D eigenvalue weighted by Gasteiger charge is -2.57. The third kappa shape index (κ3) is 3.35. The average Bonchev–Trinajstić information content (AvgIpc) is 2.04. The molecule has 6 nitrogen and oxygen atoms in total. The summed E-state index contributed by atoms with van der Waals surface area (Å²) >= 11 is 0. The van der Waals surface area contributed by atoms with E-state index in [0.717, 1.165) is 0 Å². The van der Waals surface area contributed by atoms with Gasteiger partial charge < -0.3 is 24.3 Å². The largest absolute Gasteiger partial charge is 0.840 e. The highest BCUT2D eigenvalue weighted by atomic mass is 31.2. The van der Waals surface area contributed by atoms with E-state index in [-0.39, 0.29) is 0 Å². The molecule has 0 amide bonds. The molecule has 0 N–H and O–H groups in total. The van der Waals surface area contributed by atoms with Crippen LogP contribution in [-0.2, 0) is 4.74 Å². The first-order valence-corrected chi connectivity index (χ1v) is 6.21. The second kappa shape index (κ2) is 5.49. The van der Waals surface area contributed by atoms with Crippen LogP contribution in [0.15, 0.2) is 0 Å². The molecule has 8 heteroatoms. The summed E-state index contributed by atoms with van der Waals surface area (Å²) in [6.45, 7) is 1.44. The highest BCUT2D eigenvalue weighted by Crippen LogP contribution is 2.41. The summed E-state index contributed by atoms with van der Waals surface area (Å²) in [5, 5.41) is 0.